The fraction of sp³-hybridized carbons (Fsp3) is 0.250. The molecule has 36 heavy (non-hydrogen) atoms. The lowest BCUT2D eigenvalue weighted by Gasteiger charge is -2.25. The molecule has 0 aliphatic carbocycles. The molecule has 1 aromatic heterocycles. The van der Waals surface area contributed by atoms with Crippen LogP contribution in [0.1, 0.15) is 5.56 Å². The summed E-state index contributed by atoms with van der Waals surface area (Å²) >= 11 is 0. The molecule has 3 amide bonds. The third-order valence-electron chi connectivity index (χ3n) is 5.21. The summed E-state index contributed by atoms with van der Waals surface area (Å²) in [5, 5.41) is 4.75. The van der Waals surface area contributed by atoms with E-state index in [0.717, 1.165) is 5.56 Å². The maximum atomic E-state index is 12.7. The first-order chi connectivity index (χ1) is 17.3. The fourth-order valence-electron chi connectivity index (χ4n) is 3.45. The van der Waals surface area contributed by atoms with Crippen LogP contribution in [0.25, 0.3) is 0 Å². The largest absolute Gasteiger partial charge is 0.497 e. The van der Waals surface area contributed by atoms with E-state index in [1.54, 1.807) is 24.3 Å². The molecule has 12 heteroatoms. The average Bonchev–Trinajstić information content (AvgIpc) is 2.85. The number of carbonyl (C=O) groups is 2. The van der Waals surface area contributed by atoms with E-state index in [1.807, 2.05) is 30.3 Å². The summed E-state index contributed by atoms with van der Waals surface area (Å²) in [5.74, 6) is -0.196. The smallest absolute Gasteiger partial charge is 0.330 e. The Morgan fingerprint density at radius 3 is 2.39 bits per heavy atom. The number of nitrogens with one attached hydrogen (secondary N) is 3. The predicted octanol–water partition coefficient (Wildman–Crippen LogP) is 0.977. The number of nitrogens with zero attached hydrogens (tertiary/aromatic N) is 2. The molecular formula is C24H28N6O6. The molecular weight excluding hydrogens is 468 g/mol. The summed E-state index contributed by atoms with van der Waals surface area (Å²) in [6, 6.07) is 14.9. The molecule has 12 nitrogen and oxygen atoms in total. The number of anilines is 3. The van der Waals surface area contributed by atoms with Crippen molar-refractivity contribution in [3.8, 4) is 5.75 Å². The van der Waals surface area contributed by atoms with Gasteiger partial charge in [0.05, 0.1) is 26.8 Å². The molecule has 2 aromatic carbocycles. The van der Waals surface area contributed by atoms with Gasteiger partial charge in [-0.1, -0.05) is 30.3 Å². The van der Waals surface area contributed by atoms with Crippen LogP contribution in [0.4, 0.5) is 22.0 Å². The molecule has 0 unspecified atom stereocenters. The van der Waals surface area contributed by atoms with Crippen LogP contribution in [0, 0.1) is 0 Å². The maximum absolute atomic E-state index is 12.7. The number of methoxy groups -OCH3 is 2. The highest BCUT2D eigenvalue weighted by Gasteiger charge is 2.22. The van der Waals surface area contributed by atoms with Gasteiger partial charge in [-0.15, -0.1) is 0 Å². The van der Waals surface area contributed by atoms with Crippen molar-refractivity contribution in [3.63, 3.8) is 0 Å². The normalized spacial score (nSPS) is 10.5. The fourth-order valence-corrected chi connectivity index (χ4v) is 3.45. The van der Waals surface area contributed by atoms with Gasteiger partial charge in [0, 0.05) is 19.3 Å². The number of carbonyl (C=O) groups excluding carboxylic acids is 2. The third kappa shape index (κ3) is 6.73. The Morgan fingerprint density at radius 1 is 1.06 bits per heavy atom. The summed E-state index contributed by atoms with van der Waals surface area (Å²) < 4.78 is 11.4. The SMILES string of the molecule is COCCN(CC(=O)NC(=O)Nc1ccc(OC)cc1)c1c(N)n(Cc2ccccc2)c(=O)[nH]c1=O. The van der Waals surface area contributed by atoms with Crippen LogP contribution in [0.5, 0.6) is 5.75 Å². The van der Waals surface area contributed by atoms with Crippen LogP contribution in [0.3, 0.4) is 0 Å². The lowest BCUT2D eigenvalue weighted by atomic mass is 10.2. The number of rotatable bonds is 10. The molecule has 3 rings (SSSR count). The van der Waals surface area contributed by atoms with Crippen molar-refractivity contribution < 1.29 is 19.1 Å². The molecule has 0 saturated heterocycles. The van der Waals surface area contributed by atoms with Crippen molar-refractivity contribution in [2.75, 3.05) is 49.9 Å². The topological polar surface area (TPSA) is 161 Å². The number of amides is 3. The third-order valence-corrected chi connectivity index (χ3v) is 5.21. The van der Waals surface area contributed by atoms with Gasteiger partial charge in [-0.25, -0.2) is 9.59 Å². The van der Waals surface area contributed by atoms with Gasteiger partial charge < -0.3 is 25.4 Å². The van der Waals surface area contributed by atoms with Crippen molar-refractivity contribution in [2.24, 2.45) is 0 Å². The van der Waals surface area contributed by atoms with Gasteiger partial charge in [0.25, 0.3) is 5.56 Å². The molecule has 0 radical (unpaired) electrons. The number of aromatic amines is 1. The second-order valence-electron chi connectivity index (χ2n) is 7.71. The van der Waals surface area contributed by atoms with E-state index in [0.29, 0.717) is 11.4 Å². The standard InChI is InChI=1S/C24H28N6O6/c1-35-13-12-29(15-19(31)27-23(33)26-17-8-10-18(36-2)11-9-17)20-21(25)30(24(34)28-22(20)32)14-16-6-4-3-5-7-16/h3-11H,12-15,25H2,1-2H3,(H,28,32,34)(H2,26,27,31,33). The van der Waals surface area contributed by atoms with Crippen LogP contribution in [0.15, 0.2) is 64.2 Å². The second-order valence-corrected chi connectivity index (χ2v) is 7.71. The minimum absolute atomic E-state index is 0.0757. The van der Waals surface area contributed by atoms with Gasteiger partial charge in [-0.3, -0.25) is 24.5 Å². The van der Waals surface area contributed by atoms with E-state index in [4.69, 9.17) is 15.2 Å². The first kappa shape index (κ1) is 26.0. The highest BCUT2D eigenvalue weighted by Crippen LogP contribution is 2.18. The summed E-state index contributed by atoms with van der Waals surface area (Å²) in [6.45, 7) is -0.0249. The zero-order valence-corrected chi connectivity index (χ0v) is 19.9. The summed E-state index contributed by atoms with van der Waals surface area (Å²) in [6.07, 6.45) is 0. The van der Waals surface area contributed by atoms with Gasteiger partial charge in [0.15, 0.2) is 0 Å². The number of nitrogen functional groups attached to an aromatic ring is 1. The highest BCUT2D eigenvalue weighted by atomic mass is 16.5. The van der Waals surface area contributed by atoms with Crippen molar-refractivity contribution in [1.82, 2.24) is 14.9 Å². The lowest BCUT2D eigenvalue weighted by Crippen LogP contribution is -2.46. The number of imide groups is 1. The number of aromatic nitrogens is 2. The lowest BCUT2D eigenvalue weighted by molar-refractivity contribution is -0.118. The van der Waals surface area contributed by atoms with E-state index >= 15 is 0 Å². The van der Waals surface area contributed by atoms with Gasteiger partial charge in [-0.05, 0) is 29.8 Å². The summed E-state index contributed by atoms with van der Waals surface area (Å²) in [4.78, 5) is 53.7. The molecule has 0 saturated carbocycles. The number of hydrogen-bond donors (Lipinski definition) is 4. The minimum atomic E-state index is -0.757. The van der Waals surface area contributed by atoms with E-state index < -0.39 is 29.7 Å². The van der Waals surface area contributed by atoms with Gasteiger partial charge in [0.1, 0.15) is 17.3 Å². The average molecular weight is 497 g/mol. The molecule has 0 bridgehead atoms. The zero-order chi connectivity index (χ0) is 26.1. The first-order valence-corrected chi connectivity index (χ1v) is 11.0. The van der Waals surface area contributed by atoms with Gasteiger partial charge in [-0.2, -0.15) is 0 Å². The van der Waals surface area contributed by atoms with Crippen LogP contribution >= 0.6 is 0 Å². The molecule has 5 N–H and O–H groups in total. The van der Waals surface area contributed by atoms with E-state index in [9.17, 15) is 19.2 Å². The highest BCUT2D eigenvalue weighted by molar-refractivity contribution is 6.02. The molecule has 0 atom stereocenters. The van der Waals surface area contributed by atoms with Crippen LogP contribution in [-0.2, 0) is 16.1 Å². The molecule has 3 aromatic rings. The monoisotopic (exact) mass is 496 g/mol. The van der Waals surface area contributed by atoms with Gasteiger partial charge >= 0.3 is 11.7 Å². The molecule has 1 heterocycles. The summed E-state index contributed by atoms with van der Waals surface area (Å²) in [7, 11) is 2.99. The zero-order valence-electron chi connectivity index (χ0n) is 19.9. The summed E-state index contributed by atoms with van der Waals surface area (Å²) in [5.41, 5.74) is 5.98. The number of ether oxygens (including phenoxy) is 2. The molecule has 190 valence electrons. The van der Waals surface area contributed by atoms with Crippen molar-refractivity contribution in [1.29, 1.82) is 0 Å². The molecule has 0 fully saturated rings. The number of hydrogen-bond acceptors (Lipinski definition) is 8. The Bertz CT molecular complexity index is 1300. The molecule has 0 spiro atoms. The first-order valence-electron chi connectivity index (χ1n) is 11.0. The van der Waals surface area contributed by atoms with Crippen molar-refractivity contribution in [3.05, 3.63) is 81.0 Å². The van der Waals surface area contributed by atoms with Gasteiger partial charge in [0.2, 0.25) is 5.91 Å². The molecule has 0 aliphatic rings. The van der Waals surface area contributed by atoms with Crippen molar-refractivity contribution in [2.45, 2.75) is 6.54 Å². The maximum Gasteiger partial charge on any atom is 0.330 e. The quantitative estimate of drug-likeness (QED) is 0.323. The van der Waals surface area contributed by atoms with Crippen molar-refractivity contribution >= 4 is 29.1 Å². The van der Waals surface area contributed by atoms with E-state index in [2.05, 4.69) is 15.6 Å². The number of benzene rings is 2. The Kier molecular flexibility index (Phi) is 8.84. The Morgan fingerprint density at radius 2 is 1.75 bits per heavy atom. The van der Waals surface area contributed by atoms with Crippen LogP contribution in [-0.4, -0.2) is 55.4 Å². The van der Waals surface area contributed by atoms with E-state index in [-0.39, 0.29) is 31.2 Å². The number of H-pyrrole nitrogens is 1. The minimum Gasteiger partial charge on any atom is -0.497 e. The number of urea groups is 1. The Labute approximate surface area is 206 Å². The van der Waals surface area contributed by atoms with Crippen LogP contribution in [0.2, 0.25) is 0 Å². The Balaban J connectivity index is 1.79. The van der Waals surface area contributed by atoms with Crippen LogP contribution < -0.4 is 37.3 Å². The number of nitrogens with two attached hydrogens (primary N) is 1. The second kappa shape index (κ2) is 12.2. The van der Waals surface area contributed by atoms with E-state index in [1.165, 1.54) is 23.7 Å². The Hall–Kier alpha value is -4.58. The molecule has 0 aliphatic heterocycles. The predicted molar refractivity (Wildman–Crippen MR) is 136 cm³/mol.